The minimum absolute atomic E-state index is 0.212. The summed E-state index contributed by atoms with van der Waals surface area (Å²) in [4.78, 5) is 12.0. The highest BCUT2D eigenvalue weighted by molar-refractivity contribution is 5.89. The highest BCUT2D eigenvalue weighted by Gasteiger charge is 2.20. The zero-order valence-corrected chi connectivity index (χ0v) is 13.9. The highest BCUT2D eigenvalue weighted by atomic mass is 16.5. The van der Waals surface area contributed by atoms with Crippen molar-refractivity contribution >= 4 is 11.7 Å². The lowest BCUT2D eigenvalue weighted by atomic mass is 9.87. The molecule has 1 aromatic rings. The number of carbonyl (C=O) groups excluding carboxylic acids is 1. The molecule has 0 heterocycles. The van der Waals surface area contributed by atoms with E-state index in [-0.39, 0.29) is 12.1 Å². The van der Waals surface area contributed by atoms with Gasteiger partial charge in [0.15, 0.2) is 0 Å². The van der Waals surface area contributed by atoms with E-state index >= 15 is 0 Å². The van der Waals surface area contributed by atoms with E-state index in [1.54, 1.807) is 0 Å². The molecular weight excluding hydrogens is 292 g/mol. The second-order valence-electron chi connectivity index (χ2n) is 6.25. The molecule has 0 bridgehead atoms. The number of hydrogen-bond acceptors (Lipinski definition) is 3. The van der Waals surface area contributed by atoms with E-state index in [0.717, 1.165) is 50.0 Å². The zero-order chi connectivity index (χ0) is 16.5. The molecule has 0 aromatic heterocycles. The molecule has 1 fully saturated rings. The predicted molar refractivity (Wildman–Crippen MR) is 91.8 cm³/mol. The van der Waals surface area contributed by atoms with Gasteiger partial charge in [-0.2, -0.15) is 0 Å². The van der Waals surface area contributed by atoms with Gasteiger partial charge in [-0.25, -0.2) is 4.79 Å². The van der Waals surface area contributed by atoms with E-state index in [0.29, 0.717) is 19.1 Å². The molecule has 0 radical (unpaired) electrons. The molecule has 1 saturated carbocycles. The Morgan fingerprint density at radius 2 is 2.26 bits per heavy atom. The highest BCUT2D eigenvalue weighted by Crippen LogP contribution is 2.23. The van der Waals surface area contributed by atoms with Crippen LogP contribution in [0.4, 0.5) is 10.5 Å². The SMILES string of the molecule is CCCCOc1cccc(NC(=O)NCC2CCCC(O)C2)c1. The molecule has 2 rings (SSSR count). The van der Waals surface area contributed by atoms with E-state index in [2.05, 4.69) is 17.6 Å². The second kappa shape index (κ2) is 9.40. The number of carbonyl (C=O) groups is 1. The molecule has 128 valence electrons. The van der Waals surface area contributed by atoms with Crippen LogP contribution in [-0.4, -0.2) is 30.4 Å². The molecule has 23 heavy (non-hydrogen) atoms. The number of ether oxygens (including phenoxy) is 1. The molecule has 2 amide bonds. The van der Waals surface area contributed by atoms with Crippen molar-refractivity contribution in [3.8, 4) is 5.75 Å². The van der Waals surface area contributed by atoms with E-state index in [1.807, 2.05) is 24.3 Å². The van der Waals surface area contributed by atoms with Gasteiger partial charge in [0.05, 0.1) is 12.7 Å². The summed E-state index contributed by atoms with van der Waals surface area (Å²) >= 11 is 0. The Kier molecular flexibility index (Phi) is 7.20. The van der Waals surface area contributed by atoms with Gasteiger partial charge >= 0.3 is 6.03 Å². The molecule has 1 aliphatic rings. The lowest BCUT2D eigenvalue weighted by Crippen LogP contribution is -2.35. The maximum Gasteiger partial charge on any atom is 0.319 e. The van der Waals surface area contributed by atoms with Crippen LogP contribution < -0.4 is 15.4 Å². The summed E-state index contributed by atoms with van der Waals surface area (Å²) in [5.74, 6) is 1.14. The molecule has 0 saturated heterocycles. The molecule has 0 spiro atoms. The first-order valence-electron chi connectivity index (χ1n) is 8.63. The van der Waals surface area contributed by atoms with Gasteiger partial charge < -0.3 is 20.5 Å². The van der Waals surface area contributed by atoms with Crippen molar-refractivity contribution in [2.24, 2.45) is 5.92 Å². The summed E-state index contributed by atoms with van der Waals surface area (Å²) in [7, 11) is 0. The van der Waals surface area contributed by atoms with Crippen molar-refractivity contribution in [1.82, 2.24) is 5.32 Å². The van der Waals surface area contributed by atoms with Crippen molar-refractivity contribution in [3.63, 3.8) is 0 Å². The van der Waals surface area contributed by atoms with E-state index < -0.39 is 0 Å². The van der Waals surface area contributed by atoms with Crippen molar-refractivity contribution in [1.29, 1.82) is 0 Å². The minimum Gasteiger partial charge on any atom is -0.494 e. The number of hydrogen-bond donors (Lipinski definition) is 3. The molecule has 2 unspecified atom stereocenters. The fourth-order valence-corrected chi connectivity index (χ4v) is 2.86. The Balaban J connectivity index is 1.75. The van der Waals surface area contributed by atoms with E-state index in [4.69, 9.17) is 4.74 Å². The van der Waals surface area contributed by atoms with Crippen LogP contribution in [0.25, 0.3) is 0 Å². The predicted octanol–water partition coefficient (Wildman–Crippen LogP) is 3.54. The lowest BCUT2D eigenvalue weighted by Gasteiger charge is -2.25. The summed E-state index contributed by atoms with van der Waals surface area (Å²) in [6.07, 6.45) is 5.66. The Morgan fingerprint density at radius 3 is 3.04 bits per heavy atom. The number of anilines is 1. The smallest absolute Gasteiger partial charge is 0.319 e. The second-order valence-corrected chi connectivity index (χ2v) is 6.25. The van der Waals surface area contributed by atoms with Gasteiger partial charge in [-0.05, 0) is 43.7 Å². The molecule has 5 nitrogen and oxygen atoms in total. The quantitative estimate of drug-likeness (QED) is 0.673. The monoisotopic (exact) mass is 320 g/mol. The van der Waals surface area contributed by atoms with Gasteiger partial charge in [0.2, 0.25) is 0 Å². The number of unbranched alkanes of at least 4 members (excludes halogenated alkanes) is 1. The number of urea groups is 1. The van der Waals surface area contributed by atoms with Gasteiger partial charge in [0, 0.05) is 18.3 Å². The summed E-state index contributed by atoms with van der Waals surface area (Å²) in [6.45, 7) is 3.42. The van der Waals surface area contributed by atoms with Crippen LogP contribution in [0.5, 0.6) is 5.75 Å². The van der Waals surface area contributed by atoms with Gasteiger partial charge in [-0.15, -0.1) is 0 Å². The Bertz CT molecular complexity index is 493. The number of benzene rings is 1. The third-order valence-corrected chi connectivity index (χ3v) is 4.16. The van der Waals surface area contributed by atoms with Crippen LogP contribution in [0.2, 0.25) is 0 Å². The number of aliphatic hydroxyl groups is 1. The van der Waals surface area contributed by atoms with Gasteiger partial charge in [0.25, 0.3) is 0 Å². The summed E-state index contributed by atoms with van der Waals surface area (Å²) < 4.78 is 5.64. The minimum atomic E-state index is -0.212. The third-order valence-electron chi connectivity index (χ3n) is 4.16. The van der Waals surface area contributed by atoms with Crippen molar-refractivity contribution < 1.29 is 14.6 Å². The van der Waals surface area contributed by atoms with Crippen molar-refractivity contribution in [3.05, 3.63) is 24.3 Å². The van der Waals surface area contributed by atoms with E-state index in [1.165, 1.54) is 0 Å². The fraction of sp³-hybridized carbons (Fsp3) is 0.611. The third kappa shape index (κ3) is 6.48. The topological polar surface area (TPSA) is 70.6 Å². The van der Waals surface area contributed by atoms with Crippen LogP contribution in [0.3, 0.4) is 0 Å². The Hall–Kier alpha value is -1.75. The largest absolute Gasteiger partial charge is 0.494 e. The normalized spacial score (nSPS) is 20.8. The standard InChI is InChI=1S/C18H28N2O3/c1-2-3-10-23-17-9-5-7-15(12-17)20-18(22)19-13-14-6-4-8-16(21)11-14/h5,7,9,12,14,16,21H,2-4,6,8,10-11,13H2,1H3,(H2,19,20,22). The summed E-state index contributed by atoms with van der Waals surface area (Å²) in [5, 5.41) is 15.4. The molecule has 2 atom stereocenters. The Labute approximate surface area is 138 Å². The first kappa shape index (κ1) is 17.6. The molecule has 3 N–H and O–H groups in total. The van der Waals surface area contributed by atoms with Crippen LogP contribution in [0, 0.1) is 5.92 Å². The molecule has 5 heteroatoms. The van der Waals surface area contributed by atoms with Crippen molar-refractivity contribution in [2.45, 2.75) is 51.6 Å². The molecular formula is C18H28N2O3. The zero-order valence-electron chi connectivity index (χ0n) is 13.9. The van der Waals surface area contributed by atoms with Crippen molar-refractivity contribution in [2.75, 3.05) is 18.5 Å². The number of rotatable bonds is 7. The maximum atomic E-state index is 12.0. The number of amides is 2. The first-order chi connectivity index (χ1) is 11.2. The molecule has 1 aliphatic carbocycles. The van der Waals surface area contributed by atoms with Crippen LogP contribution >= 0.6 is 0 Å². The van der Waals surface area contributed by atoms with Crippen LogP contribution in [0.15, 0.2) is 24.3 Å². The first-order valence-corrected chi connectivity index (χ1v) is 8.63. The van der Waals surface area contributed by atoms with Crippen LogP contribution in [0.1, 0.15) is 45.4 Å². The number of nitrogens with one attached hydrogen (secondary N) is 2. The Morgan fingerprint density at radius 1 is 1.39 bits per heavy atom. The molecule has 1 aromatic carbocycles. The molecule has 0 aliphatic heterocycles. The average Bonchev–Trinajstić information content (AvgIpc) is 2.54. The lowest BCUT2D eigenvalue weighted by molar-refractivity contribution is 0.101. The fourth-order valence-electron chi connectivity index (χ4n) is 2.86. The van der Waals surface area contributed by atoms with E-state index in [9.17, 15) is 9.90 Å². The average molecular weight is 320 g/mol. The van der Waals surface area contributed by atoms with Gasteiger partial charge in [-0.1, -0.05) is 25.8 Å². The van der Waals surface area contributed by atoms with Gasteiger partial charge in [-0.3, -0.25) is 0 Å². The van der Waals surface area contributed by atoms with Crippen LogP contribution in [-0.2, 0) is 0 Å². The summed E-state index contributed by atoms with van der Waals surface area (Å²) in [5.41, 5.74) is 0.722. The van der Waals surface area contributed by atoms with Gasteiger partial charge in [0.1, 0.15) is 5.75 Å². The maximum absolute atomic E-state index is 12.0. The summed E-state index contributed by atoms with van der Waals surface area (Å²) in [6, 6.07) is 7.23. The number of aliphatic hydroxyl groups excluding tert-OH is 1.